The first kappa shape index (κ1) is 67.7. The van der Waals surface area contributed by atoms with Crippen molar-refractivity contribution in [3.63, 3.8) is 0 Å². The molecule has 0 radical (unpaired) electrons. The van der Waals surface area contributed by atoms with Crippen molar-refractivity contribution in [1.29, 1.82) is 0 Å². The first-order valence-electron chi connectivity index (χ1n) is 44.4. The standard InChI is InChI=1S/2C58H44N2/c1-2-11-38(12-3-1)39-13-10-14-44(32-39)59-55-20-9-6-17-48(55)51-33-40(22-26-56(51)59)41-21-24-49-47-16-5-8-19-54(47)60(57(49)34-41)45-23-25-53-50(35-45)46-15-4-7-18-52(46)58(53)42-28-36-27-37(30-42)31-43(58)29-36;1-2-11-38(12-3-1)39-13-10-14-44(32-39)59-54-19-8-5-16-47(54)49-24-21-40(33-56(49)59)41-22-25-50-48-17-6-9-20-55(48)60(57(50)34-41)45-23-26-53-51(35-45)46-15-4-7-18-52(46)58(53)42-28-36-27-37(30-42)31-43(58)29-36/h2*1-26,32-37,42-43H,27-31H2. The Balaban J connectivity index is 0.000000127. The molecule has 30 rings (SSSR count). The predicted octanol–water partition coefficient (Wildman–Crippen LogP) is 29.9. The van der Waals surface area contributed by atoms with Gasteiger partial charge >= 0.3 is 0 Å². The third-order valence-corrected chi connectivity index (χ3v) is 31.4. The number of para-hydroxylation sites is 4. The van der Waals surface area contributed by atoms with E-state index in [9.17, 15) is 0 Å². The average Bonchev–Trinajstić information content (AvgIpc) is 1.50. The molecule has 0 aliphatic heterocycles. The summed E-state index contributed by atoms with van der Waals surface area (Å²) in [6, 6.07) is 138. The molecule has 16 aromatic carbocycles. The minimum absolute atomic E-state index is 0.176. The van der Waals surface area contributed by atoms with E-state index in [1.165, 1.54) is 241 Å². The summed E-state index contributed by atoms with van der Waals surface area (Å²) in [6.07, 6.45) is 14.2. The van der Waals surface area contributed by atoms with Crippen LogP contribution in [0.25, 0.3) is 177 Å². The van der Waals surface area contributed by atoms with Crippen LogP contribution in [-0.2, 0) is 10.8 Å². The highest BCUT2D eigenvalue weighted by Gasteiger charge is 2.63. The highest BCUT2D eigenvalue weighted by atomic mass is 15.0. The summed E-state index contributed by atoms with van der Waals surface area (Å²) >= 11 is 0. The molecule has 0 unspecified atom stereocenters. The van der Waals surface area contributed by atoms with Gasteiger partial charge in [0.05, 0.1) is 44.1 Å². The van der Waals surface area contributed by atoms with Crippen LogP contribution in [0.1, 0.15) is 86.5 Å². The van der Waals surface area contributed by atoms with Gasteiger partial charge in [0, 0.05) is 76.7 Å². The summed E-state index contributed by atoms with van der Waals surface area (Å²) in [5, 5.41) is 10.3. The molecule has 8 fully saturated rings. The highest BCUT2D eigenvalue weighted by Crippen LogP contribution is 2.71. The van der Waals surface area contributed by atoms with Crippen molar-refractivity contribution in [2.24, 2.45) is 47.3 Å². The molecule has 10 aliphatic rings. The SMILES string of the molecule is c1ccc(-c2cccc(-n3c4ccccc4c4cc(-c5ccc6c7ccccc7n(-c7ccc8c(c7)-c7ccccc7C87C8CC9CC(C8)CC7C9)c6c5)ccc43)c2)cc1.c1ccc(-c2cccc(-n3c4ccccc4c4ccc(-c5ccc6c7ccccc7n(-c7ccc8c(c7)-c7ccccc7C87C8CC9CC(C8)CC7C9)c6c5)cc43)c2)cc1. The predicted molar refractivity (Wildman–Crippen MR) is 499 cm³/mol. The van der Waals surface area contributed by atoms with Gasteiger partial charge in [-0.05, 0) is 304 Å². The molecule has 4 heteroatoms. The second kappa shape index (κ2) is 25.6. The van der Waals surface area contributed by atoms with Crippen molar-refractivity contribution in [1.82, 2.24) is 18.3 Å². The van der Waals surface area contributed by atoms with Crippen LogP contribution < -0.4 is 0 Å². The van der Waals surface area contributed by atoms with E-state index in [0.717, 1.165) is 47.3 Å². The summed E-state index contributed by atoms with van der Waals surface area (Å²) in [5.74, 6) is 6.83. The van der Waals surface area contributed by atoms with Crippen LogP contribution >= 0.6 is 0 Å². The molecule has 4 aromatic heterocycles. The third-order valence-electron chi connectivity index (χ3n) is 31.4. The lowest BCUT2D eigenvalue weighted by Crippen LogP contribution is -2.55. The first-order chi connectivity index (χ1) is 59.4. The molecule has 120 heavy (non-hydrogen) atoms. The van der Waals surface area contributed by atoms with Gasteiger partial charge in [-0.2, -0.15) is 0 Å². The number of fused-ring (bicyclic) bond motifs is 18. The van der Waals surface area contributed by atoms with Gasteiger partial charge in [0.1, 0.15) is 0 Å². The van der Waals surface area contributed by atoms with Crippen molar-refractivity contribution in [2.45, 2.75) is 75.0 Å². The zero-order valence-electron chi connectivity index (χ0n) is 67.1. The van der Waals surface area contributed by atoms with Crippen LogP contribution in [0.2, 0.25) is 0 Å². The number of aromatic nitrogens is 4. The van der Waals surface area contributed by atoms with Crippen LogP contribution in [0, 0.1) is 47.3 Å². The number of rotatable bonds is 8. The fourth-order valence-electron chi connectivity index (χ4n) is 27.2. The van der Waals surface area contributed by atoms with Gasteiger partial charge in [-0.15, -0.1) is 0 Å². The number of hydrogen-bond acceptors (Lipinski definition) is 0. The Bertz CT molecular complexity index is 7640. The van der Waals surface area contributed by atoms with Crippen molar-refractivity contribution in [3.8, 4) is 89.5 Å². The Labute approximate surface area is 698 Å². The van der Waals surface area contributed by atoms with E-state index in [0.29, 0.717) is 0 Å². The summed E-state index contributed by atoms with van der Waals surface area (Å²) in [6.45, 7) is 0. The molecule has 20 aromatic rings. The maximum atomic E-state index is 2.57. The summed E-state index contributed by atoms with van der Waals surface area (Å²) in [4.78, 5) is 0. The Kier molecular flexibility index (Phi) is 14.5. The van der Waals surface area contributed by atoms with E-state index in [1.54, 1.807) is 22.3 Å². The molecular formula is C116H88N4. The maximum absolute atomic E-state index is 2.57. The van der Waals surface area contributed by atoms with Crippen molar-refractivity contribution >= 4 is 87.2 Å². The average molecular weight is 1540 g/mol. The van der Waals surface area contributed by atoms with E-state index < -0.39 is 0 Å². The highest BCUT2D eigenvalue weighted by molar-refractivity contribution is 6.15. The lowest BCUT2D eigenvalue weighted by Gasteiger charge is -2.61. The second-order valence-electron chi connectivity index (χ2n) is 37.1. The molecule has 4 heterocycles. The van der Waals surface area contributed by atoms with E-state index in [-0.39, 0.29) is 10.8 Å². The van der Waals surface area contributed by atoms with E-state index >= 15 is 0 Å². The third kappa shape index (κ3) is 9.59. The van der Waals surface area contributed by atoms with Crippen LogP contribution in [0.3, 0.4) is 0 Å². The topological polar surface area (TPSA) is 19.7 Å². The summed E-state index contributed by atoms with van der Waals surface area (Å²) < 4.78 is 9.97. The number of benzene rings is 16. The molecule has 10 aliphatic carbocycles. The van der Waals surface area contributed by atoms with E-state index in [2.05, 4.69) is 382 Å². The Hall–Kier alpha value is -13.3. The molecule has 4 nitrogen and oxygen atoms in total. The smallest absolute Gasteiger partial charge is 0.0547 e. The molecule has 0 atom stereocenters. The largest absolute Gasteiger partial charge is 0.309 e. The lowest BCUT2D eigenvalue weighted by atomic mass is 9.43. The summed E-state index contributed by atoms with van der Waals surface area (Å²) in [5.41, 5.74) is 37.3. The molecule has 8 bridgehead atoms. The van der Waals surface area contributed by atoms with Crippen molar-refractivity contribution in [3.05, 3.63) is 386 Å². The van der Waals surface area contributed by atoms with Crippen LogP contribution in [-0.4, -0.2) is 18.3 Å². The quantitative estimate of drug-likeness (QED) is 0.144. The number of hydrogen-bond donors (Lipinski definition) is 0. The first-order valence-corrected chi connectivity index (χ1v) is 44.4. The molecule has 8 saturated carbocycles. The minimum Gasteiger partial charge on any atom is -0.309 e. The van der Waals surface area contributed by atoms with Gasteiger partial charge in [0.2, 0.25) is 0 Å². The van der Waals surface area contributed by atoms with E-state index in [1.807, 2.05) is 0 Å². The zero-order chi connectivity index (χ0) is 78.2. The molecule has 0 N–H and O–H groups in total. The normalized spacial score (nSPS) is 22.4. The Morgan fingerprint density at radius 2 is 0.450 bits per heavy atom. The van der Waals surface area contributed by atoms with Crippen molar-refractivity contribution in [2.75, 3.05) is 0 Å². The van der Waals surface area contributed by atoms with Gasteiger partial charge in [-0.3, -0.25) is 0 Å². The van der Waals surface area contributed by atoms with E-state index in [4.69, 9.17) is 0 Å². The minimum atomic E-state index is 0.176. The van der Waals surface area contributed by atoms with Gasteiger partial charge in [-0.1, -0.05) is 261 Å². The fourth-order valence-corrected chi connectivity index (χ4v) is 27.2. The molecule has 572 valence electrons. The van der Waals surface area contributed by atoms with Gasteiger partial charge in [0.15, 0.2) is 0 Å². The lowest BCUT2D eigenvalue weighted by molar-refractivity contribution is -0.0399. The Morgan fingerprint density at radius 3 is 0.850 bits per heavy atom. The zero-order valence-corrected chi connectivity index (χ0v) is 67.1. The second-order valence-corrected chi connectivity index (χ2v) is 37.1. The summed E-state index contributed by atoms with van der Waals surface area (Å²) in [7, 11) is 0. The Morgan fingerprint density at radius 1 is 0.167 bits per heavy atom. The molecule has 2 spiro atoms. The number of nitrogens with zero attached hydrogens (tertiary/aromatic N) is 4. The van der Waals surface area contributed by atoms with Gasteiger partial charge < -0.3 is 18.3 Å². The van der Waals surface area contributed by atoms with Gasteiger partial charge in [0.25, 0.3) is 0 Å². The van der Waals surface area contributed by atoms with Crippen LogP contribution in [0.15, 0.2) is 364 Å². The van der Waals surface area contributed by atoms with Crippen molar-refractivity contribution < 1.29 is 0 Å². The molecule has 0 amide bonds. The van der Waals surface area contributed by atoms with Crippen LogP contribution in [0.5, 0.6) is 0 Å². The van der Waals surface area contributed by atoms with Crippen LogP contribution in [0.4, 0.5) is 0 Å². The fraction of sp³-hybridized carbons (Fsp3) is 0.172. The monoisotopic (exact) mass is 1540 g/mol. The maximum Gasteiger partial charge on any atom is 0.0547 e. The molecular weight excluding hydrogens is 1450 g/mol. The van der Waals surface area contributed by atoms with Gasteiger partial charge in [-0.25, -0.2) is 0 Å². The molecule has 0 saturated heterocycles.